The highest BCUT2D eigenvalue weighted by atomic mass is 16.5. The maximum absolute atomic E-state index is 5.79. The highest BCUT2D eigenvalue weighted by Crippen LogP contribution is 2.23. The summed E-state index contributed by atoms with van der Waals surface area (Å²) in [5.74, 6) is 1.48. The van der Waals surface area contributed by atoms with Gasteiger partial charge in [-0.15, -0.1) is 0 Å². The molecule has 0 saturated heterocycles. The largest absolute Gasteiger partial charge is 0.439 e. The van der Waals surface area contributed by atoms with Gasteiger partial charge in [0.25, 0.3) is 0 Å². The zero-order valence-corrected chi connectivity index (χ0v) is 12.4. The normalized spacial score (nSPS) is 12.2. The van der Waals surface area contributed by atoms with Gasteiger partial charge in [-0.1, -0.05) is 31.2 Å². The molecule has 1 atom stereocenters. The maximum Gasteiger partial charge on any atom is 0.219 e. The molecule has 0 amide bonds. The molecule has 1 unspecified atom stereocenters. The van der Waals surface area contributed by atoms with E-state index in [4.69, 9.17) is 4.74 Å². The van der Waals surface area contributed by atoms with Crippen molar-refractivity contribution in [2.75, 3.05) is 6.54 Å². The van der Waals surface area contributed by atoms with Crippen molar-refractivity contribution in [2.45, 2.75) is 33.2 Å². The van der Waals surface area contributed by atoms with Crippen LogP contribution in [0.25, 0.3) is 0 Å². The number of ether oxygens (including phenoxy) is 1. The van der Waals surface area contributed by atoms with Crippen LogP contribution in [0.5, 0.6) is 11.6 Å². The Kier molecular flexibility index (Phi) is 5.13. The van der Waals surface area contributed by atoms with Gasteiger partial charge in [-0.05, 0) is 44.0 Å². The fraction of sp³-hybridized carbons (Fsp3) is 0.353. The van der Waals surface area contributed by atoms with Crippen LogP contribution in [0.15, 0.2) is 42.6 Å². The smallest absolute Gasteiger partial charge is 0.219 e. The molecule has 3 nitrogen and oxygen atoms in total. The summed E-state index contributed by atoms with van der Waals surface area (Å²) in [6.07, 6.45) is 3.01. The van der Waals surface area contributed by atoms with Crippen molar-refractivity contribution in [3.8, 4) is 11.6 Å². The van der Waals surface area contributed by atoms with E-state index in [0.717, 1.165) is 24.3 Å². The molecule has 0 fully saturated rings. The van der Waals surface area contributed by atoms with Crippen molar-refractivity contribution in [3.05, 3.63) is 53.7 Å². The molecule has 3 heteroatoms. The van der Waals surface area contributed by atoms with Gasteiger partial charge in [-0.3, -0.25) is 0 Å². The molecule has 2 rings (SSSR count). The summed E-state index contributed by atoms with van der Waals surface area (Å²) in [6.45, 7) is 7.36. The average Bonchev–Trinajstić information content (AvgIpc) is 2.48. The van der Waals surface area contributed by atoms with Crippen LogP contribution in [0, 0.1) is 6.92 Å². The van der Waals surface area contributed by atoms with Crippen LogP contribution in [0.2, 0.25) is 0 Å². The second kappa shape index (κ2) is 7.06. The Hall–Kier alpha value is -1.87. The van der Waals surface area contributed by atoms with E-state index in [-0.39, 0.29) is 0 Å². The van der Waals surface area contributed by atoms with Crippen LogP contribution in [-0.2, 0) is 0 Å². The first-order valence-electron chi connectivity index (χ1n) is 7.13. The van der Waals surface area contributed by atoms with E-state index in [1.165, 1.54) is 5.56 Å². The van der Waals surface area contributed by atoms with Gasteiger partial charge in [0.2, 0.25) is 5.88 Å². The fourth-order valence-electron chi connectivity index (χ4n) is 1.97. The zero-order chi connectivity index (χ0) is 14.4. The third kappa shape index (κ3) is 3.81. The first-order chi connectivity index (χ1) is 9.70. The van der Waals surface area contributed by atoms with Gasteiger partial charge in [0, 0.05) is 18.3 Å². The van der Waals surface area contributed by atoms with Crippen LogP contribution in [-0.4, -0.2) is 11.5 Å². The van der Waals surface area contributed by atoms with E-state index in [9.17, 15) is 0 Å². The molecule has 1 heterocycles. The SMILES string of the molecule is CCCNC(C)c1ccc(Oc2ccccc2C)nc1. The number of aromatic nitrogens is 1. The molecule has 1 N–H and O–H groups in total. The van der Waals surface area contributed by atoms with E-state index in [2.05, 4.69) is 30.2 Å². The van der Waals surface area contributed by atoms with Crippen molar-refractivity contribution < 1.29 is 4.74 Å². The second-order valence-electron chi connectivity index (χ2n) is 4.97. The van der Waals surface area contributed by atoms with Crippen LogP contribution >= 0.6 is 0 Å². The maximum atomic E-state index is 5.79. The average molecular weight is 270 g/mol. The third-order valence-corrected chi connectivity index (χ3v) is 3.27. The summed E-state index contributed by atoms with van der Waals surface area (Å²) in [5.41, 5.74) is 2.28. The van der Waals surface area contributed by atoms with Crippen molar-refractivity contribution in [2.24, 2.45) is 0 Å². The Morgan fingerprint density at radius 1 is 1.20 bits per heavy atom. The van der Waals surface area contributed by atoms with Crippen molar-refractivity contribution >= 4 is 0 Å². The number of pyridine rings is 1. The zero-order valence-electron chi connectivity index (χ0n) is 12.4. The minimum Gasteiger partial charge on any atom is -0.439 e. The summed E-state index contributed by atoms with van der Waals surface area (Å²) < 4.78 is 5.79. The van der Waals surface area contributed by atoms with Gasteiger partial charge < -0.3 is 10.1 Å². The first kappa shape index (κ1) is 14.5. The summed E-state index contributed by atoms with van der Waals surface area (Å²) in [7, 11) is 0. The van der Waals surface area contributed by atoms with Gasteiger partial charge in [-0.25, -0.2) is 4.98 Å². The molecule has 1 aromatic carbocycles. The van der Waals surface area contributed by atoms with Crippen LogP contribution < -0.4 is 10.1 Å². The number of hydrogen-bond acceptors (Lipinski definition) is 3. The number of benzene rings is 1. The molecular weight excluding hydrogens is 248 g/mol. The van der Waals surface area contributed by atoms with Gasteiger partial charge >= 0.3 is 0 Å². The topological polar surface area (TPSA) is 34.1 Å². The lowest BCUT2D eigenvalue weighted by molar-refractivity contribution is 0.458. The summed E-state index contributed by atoms with van der Waals surface area (Å²) in [4.78, 5) is 4.38. The monoisotopic (exact) mass is 270 g/mol. The Balaban J connectivity index is 2.03. The second-order valence-corrected chi connectivity index (χ2v) is 4.97. The molecule has 0 aliphatic heterocycles. The quantitative estimate of drug-likeness (QED) is 0.852. The standard InChI is InChI=1S/C17H22N2O/c1-4-11-18-14(3)15-9-10-17(19-12-15)20-16-8-6-5-7-13(16)2/h5-10,12,14,18H,4,11H2,1-3H3. The molecule has 0 aliphatic carbocycles. The minimum atomic E-state index is 0.315. The molecule has 0 radical (unpaired) electrons. The van der Waals surface area contributed by atoms with Crippen molar-refractivity contribution in [3.63, 3.8) is 0 Å². The number of rotatable bonds is 6. The summed E-state index contributed by atoms with van der Waals surface area (Å²) in [5, 5.41) is 3.45. The Bertz CT molecular complexity index is 537. The predicted octanol–water partition coefficient (Wildman–Crippen LogP) is 4.24. The number of nitrogens with one attached hydrogen (secondary N) is 1. The first-order valence-corrected chi connectivity index (χ1v) is 7.13. The van der Waals surface area contributed by atoms with E-state index in [1.807, 2.05) is 43.5 Å². The third-order valence-electron chi connectivity index (χ3n) is 3.27. The highest BCUT2D eigenvalue weighted by Gasteiger charge is 2.06. The Labute approximate surface area is 121 Å². The van der Waals surface area contributed by atoms with Crippen LogP contribution in [0.3, 0.4) is 0 Å². The fourth-order valence-corrected chi connectivity index (χ4v) is 1.97. The molecule has 106 valence electrons. The molecule has 2 aromatic rings. The summed E-state index contributed by atoms with van der Waals surface area (Å²) in [6, 6.07) is 12.2. The van der Waals surface area contributed by atoms with Crippen LogP contribution in [0.4, 0.5) is 0 Å². The molecule has 0 spiro atoms. The number of para-hydroxylation sites is 1. The van der Waals surface area contributed by atoms with E-state index < -0.39 is 0 Å². The van der Waals surface area contributed by atoms with E-state index >= 15 is 0 Å². The number of hydrogen-bond donors (Lipinski definition) is 1. The lowest BCUT2D eigenvalue weighted by Gasteiger charge is -2.14. The Morgan fingerprint density at radius 2 is 2.00 bits per heavy atom. The number of nitrogens with zero attached hydrogens (tertiary/aromatic N) is 1. The molecule has 0 aliphatic rings. The van der Waals surface area contributed by atoms with E-state index in [1.54, 1.807) is 0 Å². The lowest BCUT2D eigenvalue weighted by Crippen LogP contribution is -2.19. The van der Waals surface area contributed by atoms with Gasteiger partial charge in [0.05, 0.1) is 0 Å². The Morgan fingerprint density at radius 3 is 2.65 bits per heavy atom. The van der Waals surface area contributed by atoms with Crippen molar-refractivity contribution in [1.29, 1.82) is 0 Å². The molecule has 0 saturated carbocycles. The highest BCUT2D eigenvalue weighted by molar-refractivity contribution is 5.35. The van der Waals surface area contributed by atoms with Crippen LogP contribution in [0.1, 0.15) is 37.4 Å². The predicted molar refractivity (Wildman–Crippen MR) is 82.2 cm³/mol. The summed E-state index contributed by atoms with van der Waals surface area (Å²) >= 11 is 0. The minimum absolute atomic E-state index is 0.315. The molecular formula is C17H22N2O. The van der Waals surface area contributed by atoms with Gasteiger partial charge in [-0.2, -0.15) is 0 Å². The van der Waals surface area contributed by atoms with Gasteiger partial charge in [0.1, 0.15) is 5.75 Å². The molecule has 1 aromatic heterocycles. The molecule has 0 bridgehead atoms. The lowest BCUT2D eigenvalue weighted by atomic mass is 10.1. The van der Waals surface area contributed by atoms with Gasteiger partial charge in [0.15, 0.2) is 0 Å². The van der Waals surface area contributed by atoms with E-state index in [0.29, 0.717) is 11.9 Å². The number of aryl methyl sites for hydroxylation is 1. The van der Waals surface area contributed by atoms with Crippen molar-refractivity contribution in [1.82, 2.24) is 10.3 Å². The molecule has 20 heavy (non-hydrogen) atoms.